The molecule has 1 rings (SSSR count). The standard InChI is InChI=1S/C8H11ClN2O2S/c1-13-7(12)2-5(3-10)6-4-11-8(9)14-6/h4-5H,2-3,10H2,1H3. The largest absolute Gasteiger partial charge is 0.469 e. The molecule has 0 amide bonds. The van der Waals surface area contributed by atoms with Crippen LogP contribution >= 0.6 is 22.9 Å². The van der Waals surface area contributed by atoms with Crippen LogP contribution in [0.5, 0.6) is 0 Å². The second-order valence-corrected chi connectivity index (χ2v) is 4.37. The molecule has 0 aliphatic heterocycles. The van der Waals surface area contributed by atoms with Gasteiger partial charge in [0, 0.05) is 23.5 Å². The molecule has 78 valence electrons. The number of rotatable bonds is 4. The van der Waals surface area contributed by atoms with E-state index in [0.29, 0.717) is 11.0 Å². The summed E-state index contributed by atoms with van der Waals surface area (Å²) in [5, 5.41) is 0. The molecule has 1 heterocycles. The van der Waals surface area contributed by atoms with Crippen LogP contribution in [0.15, 0.2) is 6.20 Å². The van der Waals surface area contributed by atoms with Crippen molar-refractivity contribution < 1.29 is 9.53 Å². The van der Waals surface area contributed by atoms with Crippen LogP contribution in [0.3, 0.4) is 0 Å². The van der Waals surface area contributed by atoms with E-state index in [4.69, 9.17) is 17.3 Å². The Labute approximate surface area is 91.0 Å². The van der Waals surface area contributed by atoms with Gasteiger partial charge in [-0.15, -0.1) is 11.3 Å². The third-order valence-corrected chi connectivity index (χ3v) is 3.10. The molecular formula is C8H11ClN2O2S. The number of hydrogen-bond donors (Lipinski definition) is 1. The lowest BCUT2D eigenvalue weighted by atomic mass is 10.1. The SMILES string of the molecule is COC(=O)CC(CN)c1cnc(Cl)s1. The monoisotopic (exact) mass is 234 g/mol. The van der Waals surface area contributed by atoms with Gasteiger partial charge < -0.3 is 10.5 Å². The summed E-state index contributed by atoms with van der Waals surface area (Å²) in [5.74, 6) is -0.322. The third kappa shape index (κ3) is 2.94. The van der Waals surface area contributed by atoms with Gasteiger partial charge in [-0.1, -0.05) is 11.6 Å². The van der Waals surface area contributed by atoms with Crippen LogP contribution in [-0.2, 0) is 9.53 Å². The highest BCUT2D eigenvalue weighted by Crippen LogP contribution is 2.27. The number of halogens is 1. The molecule has 0 saturated carbocycles. The van der Waals surface area contributed by atoms with Crippen molar-refractivity contribution in [2.75, 3.05) is 13.7 Å². The minimum Gasteiger partial charge on any atom is -0.469 e. The molecular weight excluding hydrogens is 224 g/mol. The second-order valence-electron chi connectivity index (χ2n) is 2.73. The molecule has 2 N–H and O–H groups in total. The zero-order chi connectivity index (χ0) is 10.6. The van der Waals surface area contributed by atoms with Crippen molar-refractivity contribution in [1.29, 1.82) is 0 Å². The molecule has 1 atom stereocenters. The van der Waals surface area contributed by atoms with Gasteiger partial charge in [-0.25, -0.2) is 4.98 Å². The van der Waals surface area contributed by atoms with Crippen LogP contribution in [-0.4, -0.2) is 24.6 Å². The summed E-state index contributed by atoms with van der Waals surface area (Å²) in [6.45, 7) is 0.383. The van der Waals surface area contributed by atoms with Crippen molar-refractivity contribution in [1.82, 2.24) is 4.98 Å². The summed E-state index contributed by atoms with van der Waals surface area (Å²) in [6.07, 6.45) is 1.92. The molecule has 6 heteroatoms. The van der Waals surface area contributed by atoms with E-state index >= 15 is 0 Å². The molecule has 0 aliphatic rings. The highest BCUT2D eigenvalue weighted by atomic mass is 35.5. The van der Waals surface area contributed by atoms with Gasteiger partial charge in [-0.05, 0) is 0 Å². The molecule has 4 nitrogen and oxygen atoms in total. The van der Waals surface area contributed by atoms with Crippen LogP contribution in [0, 0.1) is 0 Å². The smallest absolute Gasteiger partial charge is 0.306 e. The number of aromatic nitrogens is 1. The first kappa shape index (κ1) is 11.4. The molecule has 1 aromatic rings. The first-order valence-electron chi connectivity index (χ1n) is 4.05. The van der Waals surface area contributed by atoms with Crippen molar-refractivity contribution in [3.8, 4) is 0 Å². The van der Waals surface area contributed by atoms with E-state index in [0.717, 1.165) is 4.88 Å². The number of ether oxygens (including phenoxy) is 1. The van der Waals surface area contributed by atoms with E-state index in [9.17, 15) is 4.79 Å². The maximum Gasteiger partial charge on any atom is 0.306 e. The van der Waals surface area contributed by atoms with Gasteiger partial charge in [0.25, 0.3) is 0 Å². The van der Waals surface area contributed by atoms with E-state index in [1.807, 2.05) is 0 Å². The Kier molecular flexibility index (Phi) is 4.31. The minimum atomic E-state index is -0.273. The van der Waals surface area contributed by atoms with E-state index < -0.39 is 0 Å². The van der Waals surface area contributed by atoms with Crippen LogP contribution in [0.25, 0.3) is 0 Å². The van der Waals surface area contributed by atoms with Gasteiger partial charge >= 0.3 is 5.97 Å². The van der Waals surface area contributed by atoms with Crippen molar-refractivity contribution in [3.63, 3.8) is 0 Å². The zero-order valence-electron chi connectivity index (χ0n) is 7.70. The van der Waals surface area contributed by atoms with Gasteiger partial charge in [0.1, 0.15) is 0 Å². The molecule has 0 aromatic carbocycles. The Morgan fingerprint density at radius 3 is 3.00 bits per heavy atom. The quantitative estimate of drug-likeness (QED) is 0.800. The number of hydrogen-bond acceptors (Lipinski definition) is 5. The number of nitrogens with two attached hydrogens (primary N) is 1. The summed E-state index contributed by atoms with van der Waals surface area (Å²) in [4.78, 5) is 15.8. The van der Waals surface area contributed by atoms with Crippen LogP contribution < -0.4 is 5.73 Å². The highest BCUT2D eigenvalue weighted by molar-refractivity contribution is 7.15. The van der Waals surface area contributed by atoms with Crippen molar-refractivity contribution >= 4 is 28.9 Å². The molecule has 1 unspecified atom stereocenters. The Morgan fingerprint density at radius 2 is 2.57 bits per heavy atom. The van der Waals surface area contributed by atoms with Crippen LogP contribution in [0.1, 0.15) is 17.2 Å². The Morgan fingerprint density at radius 1 is 1.86 bits per heavy atom. The summed E-state index contributed by atoms with van der Waals surface area (Å²) in [5.41, 5.74) is 5.55. The molecule has 14 heavy (non-hydrogen) atoms. The first-order chi connectivity index (χ1) is 6.67. The summed E-state index contributed by atoms with van der Waals surface area (Å²) in [7, 11) is 1.36. The fourth-order valence-corrected chi connectivity index (χ4v) is 2.11. The Hall–Kier alpha value is -0.650. The molecule has 0 aliphatic carbocycles. The molecule has 0 saturated heterocycles. The average Bonchev–Trinajstić information content (AvgIpc) is 2.60. The second kappa shape index (κ2) is 5.29. The van der Waals surface area contributed by atoms with Gasteiger partial charge in [0.05, 0.1) is 13.5 Å². The van der Waals surface area contributed by atoms with Gasteiger partial charge in [-0.2, -0.15) is 0 Å². The summed E-state index contributed by atoms with van der Waals surface area (Å²) < 4.78 is 5.03. The van der Waals surface area contributed by atoms with Crippen LogP contribution in [0.4, 0.5) is 0 Å². The molecule has 0 bridgehead atoms. The predicted molar refractivity (Wildman–Crippen MR) is 55.6 cm³/mol. The van der Waals surface area contributed by atoms with Gasteiger partial charge in [0.15, 0.2) is 4.47 Å². The van der Waals surface area contributed by atoms with Crippen molar-refractivity contribution in [2.24, 2.45) is 5.73 Å². The predicted octanol–water partition coefficient (Wildman–Crippen LogP) is 1.40. The lowest BCUT2D eigenvalue weighted by molar-refractivity contribution is -0.141. The molecule has 0 spiro atoms. The van der Waals surface area contributed by atoms with Crippen molar-refractivity contribution in [3.05, 3.63) is 15.5 Å². The molecule has 0 radical (unpaired) electrons. The lowest BCUT2D eigenvalue weighted by Crippen LogP contribution is -2.16. The van der Waals surface area contributed by atoms with Crippen LogP contribution in [0.2, 0.25) is 4.47 Å². The third-order valence-electron chi connectivity index (χ3n) is 1.82. The van der Waals surface area contributed by atoms with Gasteiger partial charge in [-0.3, -0.25) is 4.79 Å². The normalized spacial score (nSPS) is 12.5. The summed E-state index contributed by atoms with van der Waals surface area (Å²) >= 11 is 7.02. The summed E-state index contributed by atoms with van der Waals surface area (Å²) in [6, 6.07) is 0. The van der Waals surface area contributed by atoms with E-state index in [-0.39, 0.29) is 18.3 Å². The van der Waals surface area contributed by atoms with E-state index in [1.165, 1.54) is 18.4 Å². The maximum atomic E-state index is 11.0. The topological polar surface area (TPSA) is 65.2 Å². The number of carbonyl (C=O) groups is 1. The fourth-order valence-electron chi connectivity index (χ4n) is 1.04. The number of nitrogens with zero attached hydrogens (tertiary/aromatic N) is 1. The van der Waals surface area contributed by atoms with Crippen molar-refractivity contribution in [2.45, 2.75) is 12.3 Å². The zero-order valence-corrected chi connectivity index (χ0v) is 9.27. The van der Waals surface area contributed by atoms with Gasteiger partial charge in [0.2, 0.25) is 0 Å². The first-order valence-corrected chi connectivity index (χ1v) is 5.25. The lowest BCUT2D eigenvalue weighted by Gasteiger charge is -2.09. The Balaban J connectivity index is 2.67. The minimum absolute atomic E-state index is 0.0487. The molecule has 0 fully saturated rings. The number of methoxy groups -OCH3 is 1. The molecule has 1 aromatic heterocycles. The number of esters is 1. The maximum absolute atomic E-state index is 11.0. The number of carbonyl (C=O) groups excluding carboxylic acids is 1. The average molecular weight is 235 g/mol. The Bertz CT molecular complexity index is 316. The highest BCUT2D eigenvalue weighted by Gasteiger charge is 2.17. The van der Waals surface area contributed by atoms with E-state index in [1.54, 1.807) is 6.20 Å². The number of thiazole rings is 1. The van der Waals surface area contributed by atoms with E-state index in [2.05, 4.69) is 9.72 Å². The fraction of sp³-hybridized carbons (Fsp3) is 0.500.